The number of furan rings is 1. The number of aromatic nitrogens is 3. The van der Waals surface area contributed by atoms with Gasteiger partial charge in [-0.1, -0.05) is 18.5 Å². The zero-order valence-corrected chi connectivity index (χ0v) is 9.98. The van der Waals surface area contributed by atoms with Crippen LogP contribution in [0.4, 0.5) is 0 Å². The Balaban J connectivity index is 2.22. The maximum Gasteiger partial charge on any atom is 0.157 e. The van der Waals surface area contributed by atoms with E-state index in [0.717, 1.165) is 23.5 Å². The maximum absolute atomic E-state index is 6.15. The van der Waals surface area contributed by atoms with E-state index in [1.165, 1.54) is 0 Å². The first-order valence-electron chi connectivity index (χ1n) is 5.37. The van der Waals surface area contributed by atoms with Crippen LogP contribution < -0.4 is 0 Å². The molecule has 3 aromatic rings. The minimum Gasteiger partial charge on any atom is -0.463 e. The highest BCUT2D eigenvalue weighted by Crippen LogP contribution is 2.22. The summed E-state index contributed by atoms with van der Waals surface area (Å²) in [6, 6.07) is 7.37. The molecule has 3 aromatic heterocycles. The van der Waals surface area contributed by atoms with E-state index in [-0.39, 0.29) is 0 Å². The quantitative estimate of drug-likeness (QED) is 0.653. The van der Waals surface area contributed by atoms with Gasteiger partial charge in [0, 0.05) is 11.8 Å². The molecule has 0 aliphatic carbocycles. The van der Waals surface area contributed by atoms with Gasteiger partial charge in [-0.3, -0.25) is 0 Å². The van der Waals surface area contributed by atoms with Gasteiger partial charge in [-0.25, -0.2) is 9.50 Å². The Morgan fingerprint density at radius 3 is 3.00 bits per heavy atom. The molecule has 0 bridgehead atoms. The summed E-state index contributed by atoms with van der Waals surface area (Å²) < 4.78 is 6.91. The first-order chi connectivity index (χ1) is 8.28. The van der Waals surface area contributed by atoms with E-state index >= 15 is 0 Å². The van der Waals surface area contributed by atoms with Crippen LogP contribution in [0.3, 0.4) is 0 Å². The van der Waals surface area contributed by atoms with Crippen molar-refractivity contribution in [3.05, 3.63) is 41.4 Å². The van der Waals surface area contributed by atoms with Crippen molar-refractivity contribution in [2.45, 2.75) is 13.3 Å². The summed E-state index contributed by atoms with van der Waals surface area (Å²) >= 11 is 6.15. The fourth-order valence-electron chi connectivity index (χ4n) is 1.71. The highest BCUT2D eigenvalue weighted by Gasteiger charge is 2.10. The molecular weight excluding hydrogens is 238 g/mol. The van der Waals surface area contributed by atoms with E-state index in [1.807, 2.05) is 31.2 Å². The van der Waals surface area contributed by atoms with Crippen molar-refractivity contribution in [1.29, 1.82) is 0 Å². The third kappa shape index (κ3) is 1.70. The van der Waals surface area contributed by atoms with Crippen LogP contribution in [-0.2, 0) is 6.42 Å². The van der Waals surface area contributed by atoms with Gasteiger partial charge in [0.15, 0.2) is 11.4 Å². The summed E-state index contributed by atoms with van der Waals surface area (Å²) in [7, 11) is 0. The van der Waals surface area contributed by atoms with E-state index in [0.29, 0.717) is 10.9 Å². The number of nitrogens with zero attached hydrogens (tertiary/aromatic N) is 3. The Kier molecular flexibility index (Phi) is 2.37. The molecule has 0 aliphatic rings. The summed E-state index contributed by atoms with van der Waals surface area (Å²) in [5.74, 6) is 0.713. The summed E-state index contributed by atoms with van der Waals surface area (Å²) in [4.78, 5) is 4.46. The third-order valence-electron chi connectivity index (χ3n) is 2.57. The maximum atomic E-state index is 6.15. The normalized spacial score (nSPS) is 11.2. The minimum atomic E-state index is 0.560. The number of rotatable bonds is 2. The molecule has 0 radical (unpaired) electrons. The van der Waals surface area contributed by atoms with Gasteiger partial charge in [0.05, 0.1) is 6.26 Å². The molecule has 0 saturated carbocycles. The van der Waals surface area contributed by atoms with Crippen LogP contribution in [0.15, 0.2) is 34.9 Å². The highest BCUT2D eigenvalue weighted by molar-refractivity contribution is 6.29. The zero-order chi connectivity index (χ0) is 11.8. The fraction of sp³-hybridized carbons (Fsp3) is 0.167. The SMILES string of the molecule is CCc1cc(Cl)n2nc(-c3ccco3)cc2n1. The molecule has 17 heavy (non-hydrogen) atoms. The van der Waals surface area contributed by atoms with Gasteiger partial charge >= 0.3 is 0 Å². The third-order valence-corrected chi connectivity index (χ3v) is 2.84. The Labute approximate surface area is 103 Å². The molecule has 4 nitrogen and oxygen atoms in total. The molecule has 3 heterocycles. The second-order valence-electron chi connectivity index (χ2n) is 3.70. The molecule has 86 valence electrons. The van der Waals surface area contributed by atoms with Crippen LogP contribution in [0.25, 0.3) is 17.1 Å². The average molecular weight is 248 g/mol. The topological polar surface area (TPSA) is 43.3 Å². The first-order valence-corrected chi connectivity index (χ1v) is 5.75. The van der Waals surface area contributed by atoms with Gasteiger partial charge in [-0.15, -0.1) is 0 Å². The second-order valence-corrected chi connectivity index (χ2v) is 4.09. The molecule has 0 unspecified atom stereocenters. The number of hydrogen-bond acceptors (Lipinski definition) is 3. The Bertz CT molecular complexity index is 658. The van der Waals surface area contributed by atoms with E-state index in [1.54, 1.807) is 10.8 Å². The van der Waals surface area contributed by atoms with Crippen LogP contribution in [-0.4, -0.2) is 14.6 Å². The van der Waals surface area contributed by atoms with Crippen LogP contribution in [0.2, 0.25) is 5.15 Å². The summed E-state index contributed by atoms with van der Waals surface area (Å²) in [6.45, 7) is 2.04. The van der Waals surface area contributed by atoms with E-state index < -0.39 is 0 Å². The fourth-order valence-corrected chi connectivity index (χ4v) is 1.96. The lowest BCUT2D eigenvalue weighted by Crippen LogP contribution is -1.96. The van der Waals surface area contributed by atoms with Gasteiger partial charge in [-0.2, -0.15) is 5.10 Å². The van der Waals surface area contributed by atoms with Crippen LogP contribution in [0.1, 0.15) is 12.6 Å². The monoisotopic (exact) mass is 247 g/mol. The van der Waals surface area contributed by atoms with Gasteiger partial charge in [0.25, 0.3) is 0 Å². The van der Waals surface area contributed by atoms with Gasteiger partial charge < -0.3 is 4.42 Å². The lowest BCUT2D eigenvalue weighted by Gasteiger charge is -1.99. The summed E-state index contributed by atoms with van der Waals surface area (Å²) in [6.07, 6.45) is 2.46. The molecule has 0 aromatic carbocycles. The van der Waals surface area contributed by atoms with Crippen molar-refractivity contribution in [3.63, 3.8) is 0 Å². The molecule has 3 rings (SSSR count). The van der Waals surface area contributed by atoms with Gasteiger partial charge in [0.2, 0.25) is 0 Å². The predicted molar refractivity (Wildman–Crippen MR) is 65.1 cm³/mol. The van der Waals surface area contributed by atoms with Crippen LogP contribution in [0.5, 0.6) is 0 Å². The Morgan fingerprint density at radius 1 is 1.41 bits per heavy atom. The molecule has 0 amide bonds. The smallest absolute Gasteiger partial charge is 0.157 e. The molecule has 5 heteroatoms. The van der Waals surface area contributed by atoms with E-state index in [4.69, 9.17) is 16.0 Å². The first kappa shape index (κ1) is 10.4. The molecule has 0 aliphatic heterocycles. The summed E-state index contributed by atoms with van der Waals surface area (Å²) in [5, 5.41) is 4.92. The van der Waals surface area contributed by atoms with Crippen molar-refractivity contribution in [2.75, 3.05) is 0 Å². The van der Waals surface area contributed by atoms with Crippen LogP contribution in [0, 0.1) is 0 Å². The largest absolute Gasteiger partial charge is 0.463 e. The number of fused-ring (bicyclic) bond motifs is 1. The zero-order valence-electron chi connectivity index (χ0n) is 9.22. The van der Waals surface area contributed by atoms with Crippen molar-refractivity contribution in [1.82, 2.24) is 14.6 Å². The Hall–Kier alpha value is -1.81. The predicted octanol–water partition coefficient (Wildman–Crippen LogP) is 3.21. The molecule has 0 atom stereocenters. The molecular formula is C12H10ClN3O. The van der Waals surface area contributed by atoms with Crippen molar-refractivity contribution >= 4 is 17.2 Å². The van der Waals surface area contributed by atoms with Crippen LogP contribution >= 0.6 is 11.6 Å². The van der Waals surface area contributed by atoms with Gasteiger partial charge in [-0.05, 0) is 24.6 Å². The van der Waals surface area contributed by atoms with Crippen molar-refractivity contribution in [2.24, 2.45) is 0 Å². The molecule has 0 N–H and O–H groups in total. The standard InChI is InChI=1S/C12H10ClN3O/c1-2-8-6-11(13)16-12(14-8)7-9(15-16)10-4-3-5-17-10/h3-7H,2H2,1H3. The summed E-state index contributed by atoms with van der Waals surface area (Å²) in [5.41, 5.74) is 2.42. The van der Waals surface area contributed by atoms with Gasteiger partial charge in [0.1, 0.15) is 10.8 Å². The lowest BCUT2D eigenvalue weighted by atomic mass is 10.3. The highest BCUT2D eigenvalue weighted by atomic mass is 35.5. The number of aryl methyl sites for hydroxylation is 1. The van der Waals surface area contributed by atoms with Crippen molar-refractivity contribution in [3.8, 4) is 11.5 Å². The minimum absolute atomic E-state index is 0.560. The van der Waals surface area contributed by atoms with E-state index in [9.17, 15) is 0 Å². The molecule has 0 saturated heterocycles. The number of hydrogen-bond donors (Lipinski definition) is 0. The van der Waals surface area contributed by atoms with Crippen molar-refractivity contribution < 1.29 is 4.42 Å². The lowest BCUT2D eigenvalue weighted by molar-refractivity contribution is 0.579. The molecule has 0 fully saturated rings. The molecule has 0 spiro atoms. The van der Waals surface area contributed by atoms with E-state index in [2.05, 4.69) is 10.1 Å². The Morgan fingerprint density at radius 2 is 2.29 bits per heavy atom. The second kappa shape index (κ2) is 3.89. The average Bonchev–Trinajstić information content (AvgIpc) is 2.96. The number of halogens is 1.